The maximum atomic E-state index is 14.3. The summed E-state index contributed by atoms with van der Waals surface area (Å²) >= 11 is 0. The molecule has 148 valence electrons. The van der Waals surface area contributed by atoms with E-state index in [1.54, 1.807) is 18.2 Å². The highest BCUT2D eigenvalue weighted by molar-refractivity contribution is 5.95. The molecule has 1 fully saturated rings. The Morgan fingerprint density at radius 1 is 1.24 bits per heavy atom. The Labute approximate surface area is 168 Å². The lowest BCUT2D eigenvalue weighted by Crippen LogP contribution is -2.41. The van der Waals surface area contributed by atoms with Crippen LogP contribution in [0, 0.1) is 17.1 Å². The van der Waals surface area contributed by atoms with Gasteiger partial charge >= 0.3 is 0 Å². The second-order valence-electron chi connectivity index (χ2n) is 7.02. The molecule has 7 nitrogen and oxygen atoms in total. The van der Waals surface area contributed by atoms with Crippen LogP contribution in [-0.2, 0) is 4.79 Å². The lowest BCUT2D eigenvalue weighted by atomic mass is 10.2. The Balaban J connectivity index is 1.57. The van der Waals surface area contributed by atoms with Crippen molar-refractivity contribution in [1.29, 1.82) is 5.26 Å². The van der Waals surface area contributed by atoms with Crippen molar-refractivity contribution >= 4 is 17.2 Å². The number of fused-ring (bicyclic) bond motifs is 1. The highest BCUT2D eigenvalue weighted by Crippen LogP contribution is 2.31. The summed E-state index contributed by atoms with van der Waals surface area (Å²) in [5.41, 5.74) is 0.971. The average molecular weight is 392 g/mol. The Morgan fingerprint density at radius 3 is 2.90 bits per heavy atom. The summed E-state index contributed by atoms with van der Waals surface area (Å²) in [6.45, 7) is 1.04. The molecule has 0 spiro atoms. The maximum absolute atomic E-state index is 14.3. The van der Waals surface area contributed by atoms with E-state index in [0.29, 0.717) is 0 Å². The second-order valence-corrected chi connectivity index (χ2v) is 7.02. The van der Waals surface area contributed by atoms with Crippen LogP contribution in [0.3, 0.4) is 0 Å². The van der Waals surface area contributed by atoms with Gasteiger partial charge in [0.25, 0.3) is 0 Å². The summed E-state index contributed by atoms with van der Waals surface area (Å²) < 4.78 is 16.2. The normalized spacial score (nSPS) is 16.8. The molecule has 3 aromatic rings. The number of carbonyl (C=O) groups is 1. The number of carbonyl (C=O) groups excluding carboxylic acids is 1. The number of halogens is 1. The van der Waals surface area contributed by atoms with Crippen LogP contribution in [0.15, 0.2) is 48.7 Å². The van der Waals surface area contributed by atoms with Crippen molar-refractivity contribution in [1.82, 2.24) is 19.5 Å². The topological polar surface area (TPSA) is 77.5 Å². The van der Waals surface area contributed by atoms with Crippen molar-refractivity contribution in [3.8, 4) is 6.07 Å². The molecule has 1 atom stereocenters. The molecule has 0 radical (unpaired) electrons. The molecular formula is C21H21FN6O. The minimum absolute atomic E-state index is 0.0326. The number of anilines is 1. The fourth-order valence-corrected chi connectivity index (χ4v) is 3.87. The van der Waals surface area contributed by atoms with Crippen molar-refractivity contribution in [3.05, 3.63) is 60.3 Å². The smallest absolute Gasteiger partial charge is 0.241 e. The molecule has 0 bridgehead atoms. The van der Waals surface area contributed by atoms with Crippen LogP contribution in [0.4, 0.5) is 10.1 Å². The quantitative estimate of drug-likeness (QED) is 0.645. The summed E-state index contributed by atoms with van der Waals surface area (Å²) in [6.07, 6.45) is 3.87. The summed E-state index contributed by atoms with van der Waals surface area (Å²) in [4.78, 5) is 16.5. The van der Waals surface area contributed by atoms with Crippen molar-refractivity contribution in [2.24, 2.45) is 0 Å². The van der Waals surface area contributed by atoms with E-state index in [2.05, 4.69) is 15.1 Å². The van der Waals surface area contributed by atoms with Gasteiger partial charge in [-0.05, 0) is 43.7 Å². The zero-order valence-corrected chi connectivity index (χ0v) is 15.9. The monoisotopic (exact) mass is 392 g/mol. The van der Waals surface area contributed by atoms with E-state index in [9.17, 15) is 9.18 Å². The third kappa shape index (κ3) is 3.82. The van der Waals surface area contributed by atoms with Gasteiger partial charge < -0.3 is 4.90 Å². The maximum Gasteiger partial charge on any atom is 0.241 e. The Morgan fingerprint density at radius 2 is 2.07 bits per heavy atom. The predicted octanol–water partition coefficient (Wildman–Crippen LogP) is 2.95. The SMILES string of the molecule is N#CCCN(C(=O)CN1CCC[C@H]1c1nnc2ccccn12)c1ccccc1F. The lowest BCUT2D eigenvalue weighted by molar-refractivity contribution is -0.120. The van der Waals surface area contributed by atoms with E-state index in [-0.39, 0.29) is 37.1 Å². The lowest BCUT2D eigenvalue weighted by Gasteiger charge is -2.27. The van der Waals surface area contributed by atoms with E-state index >= 15 is 0 Å². The molecule has 0 unspecified atom stereocenters. The zero-order valence-electron chi connectivity index (χ0n) is 15.9. The molecule has 0 N–H and O–H groups in total. The summed E-state index contributed by atoms with van der Waals surface area (Å²) in [6, 6.07) is 13.9. The average Bonchev–Trinajstić information content (AvgIpc) is 3.36. The number of hydrogen-bond acceptors (Lipinski definition) is 5. The first-order valence-electron chi connectivity index (χ1n) is 9.64. The van der Waals surface area contributed by atoms with E-state index < -0.39 is 5.82 Å². The molecule has 2 aromatic heterocycles. The van der Waals surface area contributed by atoms with Gasteiger partial charge in [-0.3, -0.25) is 14.1 Å². The minimum atomic E-state index is -0.472. The highest BCUT2D eigenvalue weighted by atomic mass is 19.1. The first kappa shape index (κ1) is 19.0. The Bertz CT molecular complexity index is 1060. The largest absolute Gasteiger partial charge is 0.308 e. The third-order valence-corrected chi connectivity index (χ3v) is 5.23. The van der Waals surface area contributed by atoms with Gasteiger partial charge in [-0.2, -0.15) is 5.26 Å². The summed E-state index contributed by atoms with van der Waals surface area (Å²) in [5, 5.41) is 17.5. The van der Waals surface area contributed by atoms with Gasteiger partial charge in [0.1, 0.15) is 5.82 Å². The van der Waals surface area contributed by atoms with E-state index in [4.69, 9.17) is 5.26 Å². The van der Waals surface area contributed by atoms with Crippen LogP contribution in [0.25, 0.3) is 5.65 Å². The van der Waals surface area contributed by atoms with E-state index in [1.165, 1.54) is 11.0 Å². The number of pyridine rings is 1. The van der Waals surface area contributed by atoms with Gasteiger partial charge in [0, 0.05) is 12.7 Å². The number of aromatic nitrogens is 3. The fourth-order valence-electron chi connectivity index (χ4n) is 3.87. The van der Waals surface area contributed by atoms with Crippen molar-refractivity contribution in [2.45, 2.75) is 25.3 Å². The molecule has 0 saturated carbocycles. The number of benzene rings is 1. The molecule has 29 heavy (non-hydrogen) atoms. The Hall–Kier alpha value is -3.31. The first-order valence-corrected chi connectivity index (χ1v) is 9.64. The van der Waals surface area contributed by atoms with Crippen molar-refractivity contribution < 1.29 is 9.18 Å². The molecule has 1 aliphatic heterocycles. The number of nitriles is 1. The van der Waals surface area contributed by atoms with Crippen molar-refractivity contribution in [3.63, 3.8) is 0 Å². The predicted molar refractivity (Wildman–Crippen MR) is 106 cm³/mol. The number of likely N-dealkylation sites (tertiary alicyclic amines) is 1. The van der Waals surface area contributed by atoms with Gasteiger partial charge in [-0.1, -0.05) is 18.2 Å². The molecule has 8 heteroatoms. The molecule has 0 aliphatic carbocycles. The van der Waals surface area contributed by atoms with Gasteiger partial charge in [-0.15, -0.1) is 10.2 Å². The van der Waals surface area contributed by atoms with Gasteiger partial charge in [-0.25, -0.2) is 4.39 Å². The molecule has 1 aromatic carbocycles. The molecule has 3 heterocycles. The molecule has 1 aliphatic rings. The molecule has 1 saturated heterocycles. The van der Waals surface area contributed by atoms with Crippen LogP contribution < -0.4 is 4.90 Å². The molecule has 1 amide bonds. The first-order chi connectivity index (χ1) is 14.2. The van der Waals surface area contributed by atoms with Crippen LogP contribution in [-0.4, -0.2) is 45.0 Å². The number of rotatable bonds is 6. The minimum Gasteiger partial charge on any atom is -0.308 e. The molecule has 4 rings (SSSR count). The van der Waals surface area contributed by atoms with Gasteiger partial charge in [0.2, 0.25) is 5.91 Å². The van der Waals surface area contributed by atoms with Crippen LogP contribution in [0.2, 0.25) is 0 Å². The zero-order chi connectivity index (χ0) is 20.2. The summed E-state index contributed by atoms with van der Waals surface area (Å²) in [7, 11) is 0. The van der Waals surface area contributed by atoms with Crippen LogP contribution in [0.1, 0.15) is 31.1 Å². The number of hydrogen-bond donors (Lipinski definition) is 0. The molecular weight excluding hydrogens is 371 g/mol. The van der Waals surface area contributed by atoms with Crippen LogP contribution in [0.5, 0.6) is 0 Å². The van der Waals surface area contributed by atoms with Gasteiger partial charge in [0.15, 0.2) is 11.5 Å². The second kappa shape index (κ2) is 8.37. The summed E-state index contributed by atoms with van der Waals surface area (Å²) in [5.74, 6) is 0.103. The van der Waals surface area contributed by atoms with Crippen molar-refractivity contribution in [2.75, 3.05) is 24.5 Å². The Kier molecular flexibility index (Phi) is 5.49. The number of nitrogens with zero attached hydrogens (tertiary/aromatic N) is 6. The highest BCUT2D eigenvalue weighted by Gasteiger charge is 2.32. The fraction of sp³-hybridized carbons (Fsp3) is 0.333. The van der Waals surface area contributed by atoms with Crippen LogP contribution >= 0.6 is 0 Å². The third-order valence-electron chi connectivity index (χ3n) is 5.23. The van der Waals surface area contributed by atoms with E-state index in [0.717, 1.165) is 30.9 Å². The standard InChI is InChI=1S/C21H21FN6O/c22-16-7-1-2-8-17(16)27(14-6-11-23)20(29)15-26-12-5-9-18(26)21-25-24-19-10-3-4-13-28(19)21/h1-4,7-8,10,13,18H,5-6,9,12,14-15H2/t18-/m0/s1. The number of para-hydroxylation sites is 1. The number of amides is 1. The van der Waals surface area contributed by atoms with Gasteiger partial charge in [0.05, 0.1) is 30.8 Å². The van der Waals surface area contributed by atoms with E-state index in [1.807, 2.05) is 34.9 Å².